The van der Waals surface area contributed by atoms with Gasteiger partial charge >= 0.3 is 0 Å². The summed E-state index contributed by atoms with van der Waals surface area (Å²) in [5.41, 5.74) is 2.63. The minimum atomic E-state index is -2.80. The predicted molar refractivity (Wildman–Crippen MR) is 101 cm³/mol. The van der Waals surface area contributed by atoms with Crippen LogP contribution in [0.5, 0.6) is 0 Å². The quantitative estimate of drug-likeness (QED) is 0.712. The lowest BCUT2D eigenvalue weighted by Crippen LogP contribution is -2.12. The number of halogens is 1. The van der Waals surface area contributed by atoms with Crippen molar-refractivity contribution in [3.8, 4) is 0 Å². The molecule has 0 radical (unpaired) electrons. The highest BCUT2D eigenvalue weighted by molar-refractivity contribution is 7.91. The first kappa shape index (κ1) is 17.7. The molecule has 132 valence electrons. The molecule has 0 aliphatic rings. The summed E-state index contributed by atoms with van der Waals surface area (Å²) in [6, 6.07) is 9.07. The smallest absolute Gasteiger partial charge is 0.162 e. The van der Waals surface area contributed by atoms with Gasteiger partial charge in [0.25, 0.3) is 0 Å². The fourth-order valence-corrected chi connectivity index (χ4v) is 3.54. The van der Waals surface area contributed by atoms with Gasteiger partial charge in [-0.1, -0.05) is 23.7 Å². The molecule has 0 fully saturated rings. The Balaban J connectivity index is 1.84. The van der Waals surface area contributed by atoms with Crippen molar-refractivity contribution in [1.29, 1.82) is 0 Å². The number of nitrogens with one attached hydrogen (secondary N) is 1. The van der Waals surface area contributed by atoms with Crippen molar-refractivity contribution in [2.45, 2.75) is 24.9 Å². The minimum Gasteiger partial charge on any atom is -0.380 e. The molecule has 2 heterocycles. The maximum Gasteiger partial charge on any atom is 0.162 e. The Morgan fingerprint density at radius 1 is 1.32 bits per heavy atom. The van der Waals surface area contributed by atoms with Gasteiger partial charge in [0.2, 0.25) is 0 Å². The van der Waals surface area contributed by atoms with Crippen LogP contribution in [-0.2, 0) is 23.0 Å². The number of pyridine rings is 1. The fourth-order valence-electron chi connectivity index (χ4n) is 2.53. The maximum atomic E-state index is 12.0. The summed E-state index contributed by atoms with van der Waals surface area (Å²) < 4.78 is 17.5. The number of anilines is 1. The highest BCUT2D eigenvalue weighted by Gasteiger charge is 2.13. The van der Waals surface area contributed by atoms with E-state index >= 15 is 0 Å². The first-order valence-electron chi connectivity index (χ1n) is 7.73. The minimum absolute atomic E-state index is 0.426. The number of aromatic nitrogens is 3. The van der Waals surface area contributed by atoms with Crippen LogP contribution in [0, 0.1) is 0 Å². The molecule has 0 bridgehead atoms. The zero-order valence-corrected chi connectivity index (χ0v) is 15.5. The second-order valence-electron chi connectivity index (χ2n) is 5.41. The normalized spacial score (nSPS) is 13.6. The third-order valence-electron chi connectivity index (χ3n) is 3.91. The van der Waals surface area contributed by atoms with Crippen LogP contribution in [0.25, 0.3) is 11.0 Å². The molecule has 0 saturated heterocycles. The average Bonchev–Trinajstić information content (AvgIpc) is 2.97. The van der Waals surface area contributed by atoms with E-state index in [0.29, 0.717) is 23.1 Å². The van der Waals surface area contributed by atoms with Crippen LogP contribution in [0.4, 0.5) is 5.69 Å². The number of fused-ring (bicyclic) bond motifs is 1. The third-order valence-corrected chi connectivity index (χ3v) is 5.66. The van der Waals surface area contributed by atoms with Crippen LogP contribution in [0.3, 0.4) is 0 Å². The number of rotatable bonds is 5. The average molecular weight is 379 g/mol. The van der Waals surface area contributed by atoms with Gasteiger partial charge in [-0.05, 0) is 30.7 Å². The molecule has 3 N–H and O–H groups in total. The number of hydrogen-bond donors (Lipinski definition) is 2. The summed E-state index contributed by atoms with van der Waals surface area (Å²) >= 11 is 6.26. The molecule has 1 aromatic carbocycles. The molecular formula is C16H19ClN6OS. The van der Waals surface area contributed by atoms with Crippen molar-refractivity contribution in [3.05, 3.63) is 47.2 Å². The summed E-state index contributed by atoms with van der Waals surface area (Å²) in [5.74, 6) is 0. The Morgan fingerprint density at radius 3 is 2.68 bits per heavy atom. The second-order valence-corrected chi connectivity index (χ2v) is 7.74. The lowest BCUT2D eigenvalue weighted by atomic mass is 10.2. The molecule has 3 aromatic rings. The Bertz CT molecular complexity index is 1020. The van der Waals surface area contributed by atoms with Crippen molar-refractivity contribution in [2.75, 3.05) is 12.4 Å². The first-order valence-corrected chi connectivity index (χ1v) is 9.68. The van der Waals surface area contributed by atoms with E-state index in [-0.39, 0.29) is 0 Å². The van der Waals surface area contributed by atoms with E-state index in [1.165, 1.54) is 7.05 Å². The summed E-state index contributed by atoms with van der Waals surface area (Å²) in [4.78, 5) is 4.87. The molecule has 1 atom stereocenters. The molecule has 0 spiro atoms. The third kappa shape index (κ3) is 3.46. The van der Waals surface area contributed by atoms with Crippen molar-refractivity contribution < 1.29 is 4.21 Å². The van der Waals surface area contributed by atoms with Crippen LogP contribution < -0.4 is 10.5 Å². The van der Waals surface area contributed by atoms with Gasteiger partial charge in [-0.15, -0.1) is 0 Å². The van der Waals surface area contributed by atoms with Crippen molar-refractivity contribution in [2.24, 2.45) is 9.50 Å². The summed E-state index contributed by atoms with van der Waals surface area (Å²) in [7, 11) is -1.35. The van der Waals surface area contributed by atoms with E-state index in [4.69, 9.17) is 16.7 Å². The SMILES string of the molecule is CCn1nc(Cl)c2c(NCc3ccc(S(N)(=O)=NC)cc3)ccnc21. The molecule has 0 saturated carbocycles. The monoisotopic (exact) mass is 378 g/mol. The molecule has 25 heavy (non-hydrogen) atoms. The van der Waals surface area contributed by atoms with E-state index in [1.807, 2.05) is 25.1 Å². The molecule has 9 heteroatoms. The van der Waals surface area contributed by atoms with Crippen molar-refractivity contribution in [1.82, 2.24) is 14.8 Å². The van der Waals surface area contributed by atoms with E-state index in [0.717, 1.165) is 22.3 Å². The van der Waals surface area contributed by atoms with Gasteiger partial charge in [-0.2, -0.15) is 5.10 Å². The van der Waals surface area contributed by atoms with Crippen molar-refractivity contribution >= 4 is 38.2 Å². The van der Waals surface area contributed by atoms with Gasteiger partial charge in [-0.25, -0.2) is 23.4 Å². The molecule has 3 rings (SSSR count). The molecule has 0 aliphatic heterocycles. The fraction of sp³-hybridized carbons (Fsp3) is 0.250. The van der Waals surface area contributed by atoms with Crippen LogP contribution >= 0.6 is 11.6 Å². The standard InChI is InChI=1S/C16H19ClN6OS/c1-3-23-16-14(15(17)22-23)13(8-9-20-16)21-10-11-4-6-12(7-5-11)25(18,24)19-2/h4-9H,3,10H2,1-2H3,(H,20,21)(H2,18,19,24). The lowest BCUT2D eigenvalue weighted by Gasteiger charge is -2.09. The molecule has 7 nitrogen and oxygen atoms in total. The van der Waals surface area contributed by atoms with Crippen LogP contribution in [0.2, 0.25) is 5.15 Å². The number of benzene rings is 1. The highest BCUT2D eigenvalue weighted by Crippen LogP contribution is 2.29. The number of hydrogen-bond acceptors (Lipinski definition) is 5. The summed E-state index contributed by atoms with van der Waals surface area (Å²) in [5, 5.41) is 14.5. The van der Waals surface area contributed by atoms with Gasteiger partial charge in [-0.3, -0.25) is 0 Å². The molecule has 1 unspecified atom stereocenters. The van der Waals surface area contributed by atoms with E-state index in [2.05, 4.69) is 19.8 Å². The van der Waals surface area contributed by atoms with E-state index in [1.54, 1.807) is 23.0 Å². The number of aryl methyl sites for hydroxylation is 1. The first-order chi connectivity index (χ1) is 12.0. The van der Waals surface area contributed by atoms with Gasteiger partial charge in [0.15, 0.2) is 10.8 Å². The largest absolute Gasteiger partial charge is 0.380 e. The summed E-state index contributed by atoms with van der Waals surface area (Å²) in [6.07, 6.45) is 1.73. The highest BCUT2D eigenvalue weighted by atomic mass is 35.5. The second kappa shape index (κ2) is 6.99. The molecule has 0 amide bonds. The van der Waals surface area contributed by atoms with Crippen LogP contribution in [-0.4, -0.2) is 26.0 Å². The number of nitrogens with two attached hydrogens (primary N) is 1. The van der Waals surface area contributed by atoms with Crippen LogP contribution in [0.15, 0.2) is 45.8 Å². The van der Waals surface area contributed by atoms with Gasteiger partial charge in [0, 0.05) is 26.3 Å². The van der Waals surface area contributed by atoms with Crippen LogP contribution in [0.1, 0.15) is 12.5 Å². The predicted octanol–water partition coefficient (Wildman–Crippen LogP) is 3.05. The van der Waals surface area contributed by atoms with Crippen molar-refractivity contribution in [3.63, 3.8) is 0 Å². The van der Waals surface area contributed by atoms with Gasteiger partial charge < -0.3 is 5.32 Å². The van der Waals surface area contributed by atoms with E-state index < -0.39 is 9.92 Å². The Kier molecular flexibility index (Phi) is 4.94. The van der Waals surface area contributed by atoms with Gasteiger partial charge in [0.1, 0.15) is 9.92 Å². The summed E-state index contributed by atoms with van der Waals surface area (Å²) in [6.45, 7) is 3.26. The molecule has 2 aromatic heterocycles. The Labute approximate surface area is 151 Å². The zero-order chi connectivity index (χ0) is 18.0. The lowest BCUT2D eigenvalue weighted by molar-refractivity contribution is 0.677. The molecular weight excluding hydrogens is 360 g/mol. The topological polar surface area (TPSA) is 98.2 Å². The maximum absolute atomic E-state index is 12.0. The Hall–Kier alpha value is -2.16. The molecule has 0 aliphatic carbocycles. The van der Waals surface area contributed by atoms with E-state index in [9.17, 15) is 4.21 Å². The van der Waals surface area contributed by atoms with Gasteiger partial charge in [0.05, 0.1) is 16.0 Å². The Morgan fingerprint density at radius 2 is 2.04 bits per heavy atom. The zero-order valence-electron chi connectivity index (χ0n) is 13.9. The number of nitrogens with zero attached hydrogens (tertiary/aromatic N) is 4.